The Balaban J connectivity index is 2.77. The molecule has 1 aromatic heterocycles. The maximum absolute atomic E-state index is 5.32. The topological polar surface area (TPSA) is 55.0 Å². The smallest absolute Gasteiger partial charge is 0.146 e. The zero-order valence-electron chi connectivity index (χ0n) is 4.40. The fourth-order valence-corrected chi connectivity index (χ4v) is 0.718. The molecule has 0 radical (unpaired) electrons. The highest BCUT2D eigenvalue weighted by Crippen LogP contribution is 2.10. The highest BCUT2D eigenvalue weighted by atomic mass is 32.1. The summed E-state index contributed by atoms with van der Waals surface area (Å²) in [4.78, 5) is 0. The van der Waals surface area contributed by atoms with Crippen LogP contribution in [0.2, 0.25) is 0 Å². The number of aromatic nitrogens is 2. The van der Waals surface area contributed by atoms with Crippen LogP contribution in [-0.4, -0.2) is 16.6 Å². The van der Waals surface area contributed by atoms with Crippen LogP contribution >= 0.6 is 11.5 Å². The van der Waals surface area contributed by atoms with Gasteiger partial charge in [-0.2, -0.15) is 0 Å². The maximum Gasteiger partial charge on any atom is 0.146 e. The summed E-state index contributed by atoms with van der Waals surface area (Å²) in [6, 6.07) is 0. The lowest BCUT2D eigenvalue weighted by molar-refractivity contribution is 1.03. The van der Waals surface area contributed by atoms with E-state index in [-0.39, 0.29) is 0 Å². The minimum absolute atomic E-state index is 0.866. The van der Waals surface area contributed by atoms with Gasteiger partial charge in [-0.25, -0.2) is 5.84 Å². The van der Waals surface area contributed by atoms with Crippen LogP contribution in [0, 0.1) is 0 Å². The lowest BCUT2D eigenvalue weighted by atomic mass is 10.8. The van der Waals surface area contributed by atoms with E-state index in [1.807, 2.05) is 0 Å². The van der Waals surface area contributed by atoms with Gasteiger partial charge in [0.1, 0.15) is 5.00 Å². The van der Waals surface area contributed by atoms with Crippen molar-refractivity contribution in [3.63, 3.8) is 0 Å². The third-order valence-electron chi connectivity index (χ3n) is 0.697. The first-order valence-corrected chi connectivity index (χ1v) is 2.84. The first-order chi connectivity index (χ1) is 3.80. The van der Waals surface area contributed by atoms with E-state index in [1.165, 1.54) is 16.5 Å². The first kappa shape index (κ1) is 5.46. The molecule has 4 nitrogen and oxygen atoms in total. The molecule has 2 N–H and O–H groups in total. The van der Waals surface area contributed by atoms with E-state index in [1.54, 1.807) is 13.2 Å². The Morgan fingerprint density at radius 1 is 1.88 bits per heavy atom. The van der Waals surface area contributed by atoms with Crippen LogP contribution in [0.3, 0.4) is 0 Å². The summed E-state index contributed by atoms with van der Waals surface area (Å²) in [7, 11) is 1.75. The molecule has 5 heteroatoms. The zero-order chi connectivity index (χ0) is 5.98. The van der Waals surface area contributed by atoms with Gasteiger partial charge in [0.05, 0.1) is 6.20 Å². The van der Waals surface area contributed by atoms with Crippen LogP contribution in [0.1, 0.15) is 0 Å². The third-order valence-corrected chi connectivity index (χ3v) is 1.45. The second-order valence-electron chi connectivity index (χ2n) is 1.37. The fraction of sp³-hybridized carbons (Fsp3) is 0.333. The predicted molar refractivity (Wildman–Crippen MR) is 32.5 cm³/mol. The molecule has 0 saturated heterocycles. The molecule has 1 rings (SSSR count). The number of anilines is 1. The summed E-state index contributed by atoms with van der Waals surface area (Å²) in [6.07, 6.45) is 1.62. The van der Waals surface area contributed by atoms with E-state index in [4.69, 9.17) is 5.84 Å². The van der Waals surface area contributed by atoms with Crippen LogP contribution in [0.25, 0.3) is 0 Å². The van der Waals surface area contributed by atoms with Gasteiger partial charge >= 0.3 is 0 Å². The van der Waals surface area contributed by atoms with Gasteiger partial charge in [-0.1, -0.05) is 4.49 Å². The quantitative estimate of drug-likeness (QED) is 0.424. The van der Waals surface area contributed by atoms with Crippen molar-refractivity contribution in [1.29, 1.82) is 0 Å². The molecule has 0 aliphatic rings. The number of nitrogens with two attached hydrogens (primary N) is 1. The molecule has 0 unspecified atom stereocenters. The van der Waals surface area contributed by atoms with Crippen LogP contribution in [-0.2, 0) is 0 Å². The largest absolute Gasteiger partial charge is 0.302 e. The summed E-state index contributed by atoms with van der Waals surface area (Å²) in [5.74, 6) is 5.32. The molecule has 1 heterocycles. The van der Waals surface area contributed by atoms with Crippen molar-refractivity contribution >= 4 is 16.5 Å². The molecule has 0 aliphatic carbocycles. The van der Waals surface area contributed by atoms with E-state index in [9.17, 15) is 0 Å². The lowest BCUT2D eigenvalue weighted by Gasteiger charge is -2.03. The zero-order valence-corrected chi connectivity index (χ0v) is 5.22. The molecule has 0 saturated carbocycles. The second kappa shape index (κ2) is 2.06. The van der Waals surface area contributed by atoms with Crippen molar-refractivity contribution in [3.8, 4) is 0 Å². The Morgan fingerprint density at radius 2 is 2.62 bits per heavy atom. The summed E-state index contributed by atoms with van der Waals surface area (Å²) in [6.45, 7) is 0. The highest BCUT2D eigenvalue weighted by molar-refractivity contribution is 7.09. The molecule has 44 valence electrons. The van der Waals surface area contributed by atoms with E-state index in [0.717, 1.165) is 5.00 Å². The standard InChI is InChI=1S/C3H6N4S/c1-7(4)3-2-5-6-8-3/h2H,4H2,1H3. The molecule has 0 spiro atoms. The Bertz CT molecular complexity index is 146. The van der Waals surface area contributed by atoms with Gasteiger partial charge in [0, 0.05) is 18.6 Å². The average Bonchev–Trinajstić information content (AvgIpc) is 2.12. The third kappa shape index (κ3) is 0.932. The van der Waals surface area contributed by atoms with E-state index in [2.05, 4.69) is 9.59 Å². The molecular formula is C3H6N4S. The normalized spacial score (nSPS) is 9.25. The predicted octanol–water partition coefficient (Wildman–Crippen LogP) is -0.152. The Morgan fingerprint density at radius 3 is 2.88 bits per heavy atom. The minimum Gasteiger partial charge on any atom is -0.302 e. The fourth-order valence-electron chi connectivity index (χ4n) is 0.317. The van der Waals surface area contributed by atoms with Crippen LogP contribution in [0.15, 0.2) is 6.20 Å². The summed E-state index contributed by atoms with van der Waals surface area (Å²) in [5.41, 5.74) is 0. The van der Waals surface area contributed by atoms with Gasteiger partial charge < -0.3 is 5.01 Å². The van der Waals surface area contributed by atoms with Gasteiger partial charge in [-0.3, -0.25) is 0 Å². The molecule has 0 bridgehead atoms. The number of rotatable bonds is 1. The maximum atomic E-state index is 5.32. The number of hydrogen-bond donors (Lipinski definition) is 1. The van der Waals surface area contributed by atoms with Crippen molar-refractivity contribution < 1.29 is 0 Å². The Labute approximate surface area is 51.1 Å². The van der Waals surface area contributed by atoms with Crippen LogP contribution in [0.4, 0.5) is 5.00 Å². The summed E-state index contributed by atoms with van der Waals surface area (Å²) < 4.78 is 3.61. The molecular weight excluding hydrogens is 124 g/mol. The first-order valence-electron chi connectivity index (χ1n) is 2.06. The monoisotopic (exact) mass is 130 g/mol. The molecule has 8 heavy (non-hydrogen) atoms. The average molecular weight is 130 g/mol. The van der Waals surface area contributed by atoms with Gasteiger partial charge in [0.15, 0.2) is 0 Å². The van der Waals surface area contributed by atoms with Gasteiger partial charge in [0.2, 0.25) is 0 Å². The van der Waals surface area contributed by atoms with Crippen LogP contribution < -0.4 is 10.9 Å². The van der Waals surface area contributed by atoms with Crippen LogP contribution in [0.5, 0.6) is 0 Å². The summed E-state index contributed by atoms with van der Waals surface area (Å²) >= 11 is 1.27. The SMILES string of the molecule is CN(N)c1cnns1. The van der Waals surface area contributed by atoms with E-state index < -0.39 is 0 Å². The molecule has 0 aromatic carbocycles. The summed E-state index contributed by atoms with van der Waals surface area (Å²) in [5, 5.41) is 5.93. The highest BCUT2D eigenvalue weighted by Gasteiger charge is 1.94. The molecule has 0 atom stereocenters. The molecule has 0 fully saturated rings. The van der Waals surface area contributed by atoms with Gasteiger partial charge in [0.25, 0.3) is 0 Å². The van der Waals surface area contributed by atoms with E-state index in [0.29, 0.717) is 0 Å². The molecule has 0 aliphatic heterocycles. The number of hydrazine groups is 1. The van der Waals surface area contributed by atoms with Crippen molar-refractivity contribution in [2.75, 3.05) is 12.1 Å². The van der Waals surface area contributed by atoms with Crippen molar-refractivity contribution in [3.05, 3.63) is 6.20 Å². The molecule has 0 amide bonds. The molecule has 1 aromatic rings. The number of hydrogen-bond acceptors (Lipinski definition) is 5. The second-order valence-corrected chi connectivity index (χ2v) is 2.13. The van der Waals surface area contributed by atoms with Crippen molar-refractivity contribution in [2.24, 2.45) is 5.84 Å². The minimum atomic E-state index is 0.866. The lowest BCUT2D eigenvalue weighted by Crippen LogP contribution is -2.23. The van der Waals surface area contributed by atoms with Gasteiger partial charge in [-0.05, 0) is 0 Å². The Kier molecular flexibility index (Phi) is 1.40. The van der Waals surface area contributed by atoms with E-state index >= 15 is 0 Å². The van der Waals surface area contributed by atoms with Crippen molar-refractivity contribution in [1.82, 2.24) is 9.59 Å². The Hall–Kier alpha value is -0.680. The van der Waals surface area contributed by atoms with Gasteiger partial charge in [-0.15, -0.1) is 5.10 Å². The number of nitrogens with zero attached hydrogens (tertiary/aromatic N) is 3. The van der Waals surface area contributed by atoms with Crippen molar-refractivity contribution in [2.45, 2.75) is 0 Å².